The number of amides is 1. The van der Waals surface area contributed by atoms with Gasteiger partial charge in [0.05, 0.1) is 25.0 Å². The van der Waals surface area contributed by atoms with Gasteiger partial charge in [-0.1, -0.05) is 0 Å². The van der Waals surface area contributed by atoms with E-state index in [-0.39, 0.29) is 17.9 Å². The van der Waals surface area contributed by atoms with Gasteiger partial charge < -0.3 is 19.3 Å². The van der Waals surface area contributed by atoms with Crippen LogP contribution in [0.2, 0.25) is 0 Å². The maximum absolute atomic E-state index is 12.0. The van der Waals surface area contributed by atoms with Crippen molar-refractivity contribution < 1.29 is 14.3 Å². The molecule has 1 amide bonds. The Morgan fingerprint density at radius 1 is 1.21 bits per heavy atom. The number of fused-ring (bicyclic) bond motifs is 3. The zero-order chi connectivity index (χ0) is 23.8. The molecule has 0 saturated carbocycles. The van der Waals surface area contributed by atoms with Gasteiger partial charge >= 0.3 is 6.09 Å². The maximum atomic E-state index is 12.0. The molecule has 0 radical (unpaired) electrons. The highest BCUT2D eigenvalue weighted by Gasteiger charge is 2.48. The van der Waals surface area contributed by atoms with E-state index in [9.17, 15) is 9.59 Å². The first-order valence-electron chi connectivity index (χ1n) is 12.9. The molecule has 5 heterocycles. The fourth-order valence-electron chi connectivity index (χ4n) is 7.13. The highest BCUT2D eigenvalue weighted by Crippen LogP contribution is 2.41. The minimum absolute atomic E-state index is 0.168. The Labute approximate surface area is 207 Å². The van der Waals surface area contributed by atoms with Crippen molar-refractivity contribution in [1.29, 1.82) is 0 Å². The van der Waals surface area contributed by atoms with Gasteiger partial charge in [0, 0.05) is 37.6 Å². The molecule has 5 rings (SSSR count). The van der Waals surface area contributed by atoms with Crippen LogP contribution in [-0.4, -0.2) is 89.4 Å². The third-order valence-corrected chi connectivity index (χ3v) is 9.30. The van der Waals surface area contributed by atoms with Crippen LogP contribution in [0.5, 0.6) is 0 Å². The molecular weight excluding hydrogens is 448 g/mol. The number of likely N-dealkylation sites (tertiary alicyclic amines) is 1. The highest BCUT2D eigenvalue weighted by molar-refractivity contribution is 7.08. The van der Waals surface area contributed by atoms with Gasteiger partial charge in [0.2, 0.25) is 0 Å². The summed E-state index contributed by atoms with van der Waals surface area (Å²) < 4.78 is 4.94. The van der Waals surface area contributed by atoms with Crippen LogP contribution in [0.15, 0.2) is 21.8 Å². The average Bonchev–Trinajstić information content (AvgIpc) is 3.51. The third kappa shape index (κ3) is 4.63. The standard InChI is InChI=1S/C26H38N4O3S/c1-17(31)12-19(20-8-11-34-16-20)6-10-29-21-4-5-22(29)14-23(13-21)30-18(2)27-24-15-28(26(32)33-3)9-7-25(24)30/h8,11,16,19,21-25H,4-7,9-10,12-15H2,1-3H3/t19-,21?,22?,23?,24?,25?/m1/s1. The molecule has 5 atom stereocenters. The number of thiophene rings is 1. The fourth-order valence-corrected chi connectivity index (χ4v) is 7.87. The molecule has 0 aromatic carbocycles. The summed E-state index contributed by atoms with van der Waals surface area (Å²) in [5.74, 6) is 1.78. The second kappa shape index (κ2) is 9.97. The molecule has 2 bridgehead atoms. The first-order valence-corrected chi connectivity index (χ1v) is 13.8. The van der Waals surface area contributed by atoms with Gasteiger partial charge in [-0.25, -0.2) is 4.79 Å². The SMILES string of the molecule is COC(=O)N1CCC2C(C1)N=C(C)N2C1CC2CCC(C1)N2CC[C@H](CC(C)=O)c1ccsc1. The summed E-state index contributed by atoms with van der Waals surface area (Å²) in [5.41, 5.74) is 1.33. The summed E-state index contributed by atoms with van der Waals surface area (Å²) >= 11 is 1.73. The van der Waals surface area contributed by atoms with E-state index >= 15 is 0 Å². The van der Waals surface area contributed by atoms with Crippen molar-refractivity contribution in [3.8, 4) is 0 Å². The number of methoxy groups -OCH3 is 1. The van der Waals surface area contributed by atoms with E-state index in [0.29, 0.717) is 43.1 Å². The number of ether oxygens (including phenoxy) is 1. The second-order valence-corrected chi connectivity index (χ2v) is 11.4. The summed E-state index contributed by atoms with van der Waals surface area (Å²) in [6, 6.07) is 4.58. The molecule has 1 aromatic rings. The molecule has 0 spiro atoms. The summed E-state index contributed by atoms with van der Waals surface area (Å²) in [4.78, 5) is 36.1. The number of hydrogen-bond donors (Lipinski definition) is 0. The van der Waals surface area contributed by atoms with E-state index in [2.05, 4.69) is 33.6 Å². The Morgan fingerprint density at radius 3 is 2.62 bits per heavy atom. The Hall–Kier alpha value is -1.93. The topological polar surface area (TPSA) is 65.5 Å². The number of ketones is 1. The molecule has 8 heteroatoms. The quantitative estimate of drug-likeness (QED) is 0.580. The van der Waals surface area contributed by atoms with Gasteiger partial charge in [-0.2, -0.15) is 11.3 Å². The van der Waals surface area contributed by atoms with Gasteiger partial charge in [-0.05, 0) is 87.2 Å². The first kappa shape index (κ1) is 23.8. The molecule has 4 aliphatic heterocycles. The smallest absolute Gasteiger partial charge is 0.409 e. The van der Waals surface area contributed by atoms with Crippen molar-refractivity contribution in [3.05, 3.63) is 22.4 Å². The monoisotopic (exact) mass is 486 g/mol. The van der Waals surface area contributed by atoms with E-state index in [0.717, 1.165) is 31.8 Å². The van der Waals surface area contributed by atoms with E-state index in [4.69, 9.17) is 9.73 Å². The molecule has 186 valence electrons. The lowest BCUT2D eigenvalue weighted by atomic mass is 9.89. The number of carbonyl (C=O) groups is 2. The summed E-state index contributed by atoms with van der Waals surface area (Å²) in [7, 11) is 1.45. The van der Waals surface area contributed by atoms with Crippen LogP contribution in [0.4, 0.5) is 4.79 Å². The van der Waals surface area contributed by atoms with Crippen LogP contribution >= 0.6 is 11.3 Å². The van der Waals surface area contributed by atoms with Gasteiger partial charge in [0.1, 0.15) is 5.78 Å². The molecule has 4 unspecified atom stereocenters. The Bertz CT molecular complexity index is 905. The van der Waals surface area contributed by atoms with E-state index in [1.54, 1.807) is 23.2 Å². The number of nitrogens with zero attached hydrogens (tertiary/aromatic N) is 4. The molecule has 0 N–H and O–H groups in total. The van der Waals surface area contributed by atoms with Crippen LogP contribution < -0.4 is 0 Å². The normalized spacial score (nSPS) is 31.9. The van der Waals surface area contributed by atoms with Crippen molar-refractivity contribution in [2.75, 3.05) is 26.7 Å². The van der Waals surface area contributed by atoms with Crippen molar-refractivity contribution >= 4 is 29.0 Å². The van der Waals surface area contributed by atoms with E-state index in [1.807, 2.05) is 0 Å². The molecule has 4 aliphatic rings. The van der Waals surface area contributed by atoms with Crippen molar-refractivity contribution in [2.45, 2.75) is 94.9 Å². The molecule has 1 aromatic heterocycles. The van der Waals surface area contributed by atoms with Crippen LogP contribution in [0.3, 0.4) is 0 Å². The predicted octanol–water partition coefficient (Wildman–Crippen LogP) is 4.14. The predicted molar refractivity (Wildman–Crippen MR) is 135 cm³/mol. The fraction of sp³-hybridized carbons (Fsp3) is 0.731. The van der Waals surface area contributed by atoms with Crippen LogP contribution in [-0.2, 0) is 9.53 Å². The number of hydrogen-bond acceptors (Lipinski definition) is 7. The van der Waals surface area contributed by atoms with Crippen LogP contribution in [0.1, 0.15) is 70.3 Å². The average molecular weight is 487 g/mol. The lowest BCUT2D eigenvalue weighted by Gasteiger charge is -2.47. The Balaban J connectivity index is 1.21. The number of carbonyl (C=O) groups excluding carboxylic acids is 2. The van der Waals surface area contributed by atoms with E-state index in [1.165, 1.54) is 38.4 Å². The molecule has 7 nitrogen and oxygen atoms in total. The first-order chi connectivity index (χ1) is 16.4. The Kier molecular flexibility index (Phi) is 6.98. The van der Waals surface area contributed by atoms with Gasteiger partial charge in [-0.3, -0.25) is 9.89 Å². The van der Waals surface area contributed by atoms with Gasteiger partial charge in [0.15, 0.2) is 0 Å². The number of rotatable bonds is 7. The Morgan fingerprint density at radius 2 is 1.97 bits per heavy atom. The second-order valence-electron chi connectivity index (χ2n) is 10.6. The molecular formula is C26H38N4O3S. The summed E-state index contributed by atoms with van der Waals surface area (Å²) in [5, 5.41) is 4.34. The van der Waals surface area contributed by atoms with Crippen LogP contribution in [0, 0.1) is 0 Å². The molecule has 0 aliphatic carbocycles. The number of piperidine rings is 2. The summed E-state index contributed by atoms with van der Waals surface area (Å²) in [6.45, 7) is 6.37. The largest absolute Gasteiger partial charge is 0.453 e. The molecule has 3 fully saturated rings. The van der Waals surface area contributed by atoms with E-state index < -0.39 is 0 Å². The van der Waals surface area contributed by atoms with Gasteiger partial charge in [-0.15, -0.1) is 0 Å². The number of Topliss-reactive ketones (excluding diaryl/α,β-unsaturated/α-hetero) is 1. The van der Waals surface area contributed by atoms with Gasteiger partial charge in [0.25, 0.3) is 0 Å². The zero-order valence-corrected chi connectivity index (χ0v) is 21.5. The zero-order valence-electron chi connectivity index (χ0n) is 20.7. The van der Waals surface area contributed by atoms with Crippen molar-refractivity contribution in [2.24, 2.45) is 4.99 Å². The lowest BCUT2D eigenvalue weighted by Crippen LogP contribution is -2.57. The van der Waals surface area contributed by atoms with Crippen LogP contribution in [0.25, 0.3) is 0 Å². The molecule has 3 saturated heterocycles. The lowest BCUT2D eigenvalue weighted by molar-refractivity contribution is -0.117. The van der Waals surface area contributed by atoms with Crippen molar-refractivity contribution in [1.82, 2.24) is 14.7 Å². The number of amidine groups is 1. The molecule has 34 heavy (non-hydrogen) atoms. The maximum Gasteiger partial charge on any atom is 0.409 e. The minimum atomic E-state index is -0.235. The highest BCUT2D eigenvalue weighted by atomic mass is 32.1. The number of aliphatic imine (C=N–C) groups is 1. The summed E-state index contributed by atoms with van der Waals surface area (Å²) in [6.07, 6.45) is 7.40. The van der Waals surface area contributed by atoms with Crippen molar-refractivity contribution in [3.63, 3.8) is 0 Å². The minimum Gasteiger partial charge on any atom is -0.453 e. The third-order valence-electron chi connectivity index (χ3n) is 8.60.